The summed E-state index contributed by atoms with van der Waals surface area (Å²) in [5.74, 6) is 0.685. The van der Waals surface area contributed by atoms with Gasteiger partial charge in [0.05, 0.1) is 0 Å². The first kappa shape index (κ1) is 14.5. The summed E-state index contributed by atoms with van der Waals surface area (Å²) in [5.41, 5.74) is 10.1. The number of hydrogen-bond acceptors (Lipinski definition) is 2. The van der Waals surface area contributed by atoms with E-state index in [9.17, 15) is 0 Å². The van der Waals surface area contributed by atoms with Gasteiger partial charge >= 0.3 is 0 Å². The van der Waals surface area contributed by atoms with Crippen LogP contribution in [-0.4, -0.2) is 24.5 Å². The van der Waals surface area contributed by atoms with Crippen LogP contribution >= 0.6 is 0 Å². The molecule has 106 valence electrons. The van der Waals surface area contributed by atoms with Crippen molar-refractivity contribution in [2.24, 2.45) is 11.7 Å². The van der Waals surface area contributed by atoms with E-state index >= 15 is 0 Å². The van der Waals surface area contributed by atoms with Crippen molar-refractivity contribution in [1.82, 2.24) is 4.90 Å². The highest BCUT2D eigenvalue weighted by molar-refractivity contribution is 5.28. The Kier molecular flexibility index (Phi) is 5.00. The zero-order valence-electron chi connectivity index (χ0n) is 12.7. The molecule has 0 bridgehead atoms. The van der Waals surface area contributed by atoms with Crippen molar-refractivity contribution in [3.05, 3.63) is 34.9 Å². The van der Waals surface area contributed by atoms with Crippen LogP contribution in [0.4, 0.5) is 0 Å². The van der Waals surface area contributed by atoms with Crippen molar-refractivity contribution in [3.63, 3.8) is 0 Å². The maximum absolute atomic E-state index is 5.95. The zero-order valence-corrected chi connectivity index (χ0v) is 12.7. The van der Waals surface area contributed by atoms with Gasteiger partial charge in [-0.25, -0.2) is 0 Å². The van der Waals surface area contributed by atoms with Gasteiger partial charge in [0.25, 0.3) is 0 Å². The van der Waals surface area contributed by atoms with Crippen LogP contribution in [0.15, 0.2) is 18.2 Å². The van der Waals surface area contributed by atoms with E-state index in [0.29, 0.717) is 12.0 Å². The quantitative estimate of drug-likeness (QED) is 0.900. The Morgan fingerprint density at radius 1 is 1.11 bits per heavy atom. The SMILES string of the molecule is Cc1cc(C)cc(CN(C)C2CCCCC2CN)c1. The van der Waals surface area contributed by atoms with Crippen LogP contribution in [0.1, 0.15) is 42.4 Å². The summed E-state index contributed by atoms with van der Waals surface area (Å²) in [6.45, 7) is 6.24. The van der Waals surface area contributed by atoms with Crippen molar-refractivity contribution >= 4 is 0 Å². The molecule has 2 N–H and O–H groups in total. The highest BCUT2D eigenvalue weighted by atomic mass is 15.1. The van der Waals surface area contributed by atoms with Crippen molar-refractivity contribution in [3.8, 4) is 0 Å². The fourth-order valence-corrected chi connectivity index (χ4v) is 3.61. The first-order chi connectivity index (χ1) is 9.10. The lowest BCUT2D eigenvalue weighted by Crippen LogP contribution is -2.42. The monoisotopic (exact) mass is 260 g/mol. The summed E-state index contributed by atoms with van der Waals surface area (Å²) in [5, 5.41) is 0. The number of aryl methyl sites for hydroxylation is 2. The molecule has 1 saturated carbocycles. The Labute approximate surface area is 118 Å². The van der Waals surface area contributed by atoms with E-state index in [4.69, 9.17) is 5.73 Å². The lowest BCUT2D eigenvalue weighted by Gasteiger charge is -2.37. The minimum Gasteiger partial charge on any atom is -0.330 e. The molecule has 1 aromatic rings. The van der Waals surface area contributed by atoms with Gasteiger partial charge in [0.15, 0.2) is 0 Å². The van der Waals surface area contributed by atoms with E-state index in [1.54, 1.807) is 0 Å². The smallest absolute Gasteiger partial charge is 0.0233 e. The lowest BCUT2D eigenvalue weighted by atomic mass is 9.83. The molecular formula is C17H28N2. The second-order valence-corrected chi connectivity index (χ2v) is 6.26. The average molecular weight is 260 g/mol. The standard InChI is InChI=1S/C17H28N2/c1-13-8-14(2)10-15(9-13)12-19(3)17-7-5-4-6-16(17)11-18/h8-10,16-17H,4-7,11-12,18H2,1-3H3. The van der Waals surface area contributed by atoms with Crippen LogP contribution in [0.25, 0.3) is 0 Å². The molecule has 0 saturated heterocycles. The van der Waals surface area contributed by atoms with Crippen LogP contribution < -0.4 is 5.73 Å². The maximum Gasteiger partial charge on any atom is 0.0233 e. The van der Waals surface area contributed by atoms with Crippen LogP contribution in [0.5, 0.6) is 0 Å². The minimum absolute atomic E-state index is 0.666. The van der Waals surface area contributed by atoms with Crippen LogP contribution in [-0.2, 0) is 6.54 Å². The lowest BCUT2D eigenvalue weighted by molar-refractivity contribution is 0.127. The van der Waals surface area contributed by atoms with Crippen LogP contribution in [0.3, 0.4) is 0 Å². The molecule has 2 rings (SSSR count). The molecule has 0 aliphatic heterocycles. The van der Waals surface area contributed by atoms with E-state index in [-0.39, 0.29) is 0 Å². The normalized spacial score (nSPS) is 23.8. The van der Waals surface area contributed by atoms with Crippen molar-refractivity contribution < 1.29 is 0 Å². The number of nitrogens with two attached hydrogens (primary N) is 1. The first-order valence-electron chi connectivity index (χ1n) is 7.57. The second kappa shape index (κ2) is 6.53. The average Bonchev–Trinajstić information content (AvgIpc) is 2.37. The topological polar surface area (TPSA) is 29.3 Å². The fraction of sp³-hybridized carbons (Fsp3) is 0.647. The van der Waals surface area contributed by atoms with E-state index < -0.39 is 0 Å². The van der Waals surface area contributed by atoms with Crippen LogP contribution in [0.2, 0.25) is 0 Å². The predicted molar refractivity (Wildman–Crippen MR) is 82.2 cm³/mol. The Morgan fingerprint density at radius 2 is 1.74 bits per heavy atom. The van der Waals surface area contributed by atoms with E-state index in [1.165, 1.54) is 42.4 Å². The van der Waals surface area contributed by atoms with Gasteiger partial charge in [-0.3, -0.25) is 4.90 Å². The molecule has 0 radical (unpaired) electrons. The Bertz CT molecular complexity index is 393. The first-order valence-corrected chi connectivity index (χ1v) is 7.57. The summed E-state index contributed by atoms with van der Waals surface area (Å²) in [7, 11) is 2.26. The van der Waals surface area contributed by atoms with Crippen molar-refractivity contribution in [2.45, 2.75) is 52.1 Å². The third-order valence-corrected chi connectivity index (χ3v) is 4.45. The maximum atomic E-state index is 5.95. The summed E-state index contributed by atoms with van der Waals surface area (Å²) in [6, 6.07) is 7.53. The Balaban J connectivity index is 2.04. The molecule has 1 aliphatic rings. The number of nitrogens with zero attached hydrogens (tertiary/aromatic N) is 1. The molecule has 1 aromatic carbocycles. The zero-order chi connectivity index (χ0) is 13.8. The molecule has 0 aromatic heterocycles. The molecule has 0 amide bonds. The molecule has 1 aliphatic carbocycles. The van der Waals surface area contributed by atoms with Gasteiger partial charge in [-0.2, -0.15) is 0 Å². The number of hydrogen-bond donors (Lipinski definition) is 1. The van der Waals surface area contributed by atoms with Crippen LogP contribution in [0, 0.1) is 19.8 Å². The summed E-state index contributed by atoms with van der Waals surface area (Å²) < 4.78 is 0. The van der Waals surface area contributed by atoms with Gasteiger partial charge in [0.1, 0.15) is 0 Å². The third-order valence-electron chi connectivity index (χ3n) is 4.45. The predicted octanol–water partition coefficient (Wildman–Crippen LogP) is 3.25. The van der Waals surface area contributed by atoms with Gasteiger partial charge in [-0.15, -0.1) is 0 Å². The van der Waals surface area contributed by atoms with E-state index in [2.05, 4.69) is 44.0 Å². The Morgan fingerprint density at radius 3 is 2.37 bits per heavy atom. The third kappa shape index (κ3) is 3.80. The van der Waals surface area contributed by atoms with Gasteiger partial charge < -0.3 is 5.73 Å². The minimum atomic E-state index is 0.666. The van der Waals surface area contributed by atoms with E-state index in [0.717, 1.165) is 13.1 Å². The molecule has 2 atom stereocenters. The molecule has 1 fully saturated rings. The van der Waals surface area contributed by atoms with Gasteiger partial charge in [-0.1, -0.05) is 42.2 Å². The highest BCUT2D eigenvalue weighted by Gasteiger charge is 2.27. The van der Waals surface area contributed by atoms with Crippen molar-refractivity contribution in [2.75, 3.05) is 13.6 Å². The summed E-state index contributed by atoms with van der Waals surface area (Å²) in [4.78, 5) is 2.52. The van der Waals surface area contributed by atoms with Gasteiger partial charge in [0, 0.05) is 12.6 Å². The summed E-state index contributed by atoms with van der Waals surface area (Å²) in [6.07, 6.45) is 5.33. The molecule has 0 spiro atoms. The molecule has 2 heteroatoms. The molecular weight excluding hydrogens is 232 g/mol. The van der Waals surface area contributed by atoms with Crippen molar-refractivity contribution in [1.29, 1.82) is 0 Å². The molecule has 2 unspecified atom stereocenters. The van der Waals surface area contributed by atoms with E-state index in [1.807, 2.05) is 0 Å². The number of benzene rings is 1. The molecule has 0 heterocycles. The molecule has 2 nitrogen and oxygen atoms in total. The fourth-order valence-electron chi connectivity index (χ4n) is 3.61. The van der Waals surface area contributed by atoms with Gasteiger partial charge in [-0.05, 0) is 51.8 Å². The highest BCUT2D eigenvalue weighted by Crippen LogP contribution is 2.28. The largest absolute Gasteiger partial charge is 0.330 e. The molecule has 19 heavy (non-hydrogen) atoms. The summed E-state index contributed by atoms with van der Waals surface area (Å²) >= 11 is 0. The number of rotatable bonds is 4. The second-order valence-electron chi connectivity index (χ2n) is 6.26. The Hall–Kier alpha value is -0.860. The van der Waals surface area contributed by atoms with Gasteiger partial charge in [0.2, 0.25) is 0 Å².